The van der Waals surface area contributed by atoms with E-state index in [1.807, 2.05) is 0 Å². The van der Waals surface area contributed by atoms with Crippen LogP contribution < -0.4 is 14.2 Å². The molecule has 1 aliphatic heterocycles. The zero-order valence-electron chi connectivity index (χ0n) is 11.0. The molecule has 8 heteroatoms. The monoisotopic (exact) mass is 325 g/mol. The van der Waals surface area contributed by atoms with Crippen LogP contribution in [0.3, 0.4) is 0 Å². The molecule has 0 fully saturated rings. The first-order chi connectivity index (χ1) is 10.5. The standard InChI is InChI=1S/C14H9ClFNO5/c15-10-3-8(4-13-14(10)22-7-21-13)6-20-12-2-1-9(17(18)19)5-11(12)16/h1-5H,6-7H2. The van der Waals surface area contributed by atoms with E-state index in [0.29, 0.717) is 22.1 Å². The Morgan fingerprint density at radius 2 is 2.14 bits per heavy atom. The average Bonchev–Trinajstić information content (AvgIpc) is 2.94. The minimum Gasteiger partial charge on any atom is -0.486 e. The fourth-order valence-corrected chi connectivity index (χ4v) is 2.27. The highest BCUT2D eigenvalue weighted by molar-refractivity contribution is 6.32. The third-order valence-corrected chi connectivity index (χ3v) is 3.29. The summed E-state index contributed by atoms with van der Waals surface area (Å²) in [5.74, 6) is 0.0719. The van der Waals surface area contributed by atoms with Gasteiger partial charge in [0.25, 0.3) is 5.69 Å². The second-order valence-corrected chi connectivity index (χ2v) is 4.88. The van der Waals surface area contributed by atoms with E-state index in [9.17, 15) is 14.5 Å². The highest BCUT2D eigenvalue weighted by Crippen LogP contribution is 2.40. The van der Waals surface area contributed by atoms with Gasteiger partial charge in [-0.2, -0.15) is 0 Å². The number of hydrogen-bond acceptors (Lipinski definition) is 5. The highest BCUT2D eigenvalue weighted by Gasteiger charge is 2.19. The maximum absolute atomic E-state index is 13.7. The van der Waals surface area contributed by atoms with Crippen LogP contribution in [0.4, 0.5) is 10.1 Å². The van der Waals surface area contributed by atoms with Crippen molar-refractivity contribution in [3.8, 4) is 17.2 Å². The number of rotatable bonds is 4. The molecule has 0 aromatic heterocycles. The molecule has 0 aliphatic carbocycles. The molecule has 0 saturated heterocycles. The number of nitro benzene ring substituents is 1. The number of halogens is 2. The molecular formula is C14H9ClFNO5. The first-order valence-corrected chi connectivity index (χ1v) is 6.57. The normalized spacial score (nSPS) is 12.3. The maximum atomic E-state index is 13.7. The summed E-state index contributed by atoms with van der Waals surface area (Å²) < 4.78 is 29.4. The van der Waals surface area contributed by atoms with Crippen molar-refractivity contribution in [2.45, 2.75) is 6.61 Å². The van der Waals surface area contributed by atoms with E-state index in [1.54, 1.807) is 12.1 Å². The Kier molecular flexibility index (Phi) is 3.72. The number of nitrogens with zero attached hydrogens (tertiary/aromatic N) is 1. The number of hydrogen-bond donors (Lipinski definition) is 0. The quantitative estimate of drug-likeness (QED) is 0.633. The van der Waals surface area contributed by atoms with Crippen LogP contribution in [-0.4, -0.2) is 11.7 Å². The molecule has 1 aliphatic rings. The fraction of sp³-hybridized carbons (Fsp3) is 0.143. The minimum absolute atomic E-state index is 0.0328. The predicted octanol–water partition coefficient (Wildman–Crippen LogP) is 3.70. The maximum Gasteiger partial charge on any atom is 0.272 e. The second-order valence-electron chi connectivity index (χ2n) is 4.47. The minimum atomic E-state index is -0.805. The van der Waals surface area contributed by atoms with Gasteiger partial charge in [0.05, 0.1) is 16.0 Å². The molecule has 1 heterocycles. The first-order valence-electron chi connectivity index (χ1n) is 6.19. The number of fused-ring (bicyclic) bond motifs is 1. The lowest BCUT2D eigenvalue weighted by Crippen LogP contribution is -1.98. The summed E-state index contributed by atoms with van der Waals surface area (Å²) in [6, 6.07) is 6.49. The van der Waals surface area contributed by atoms with Gasteiger partial charge in [0.2, 0.25) is 6.79 Å². The van der Waals surface area contributed by atoms with E-state index in [-0.39, 0.29) is 24.8 Å². The van der Waals surface area contributed by atoms with Crippen LogP contribution in [0.25, 0.3) is 0 Å². The molecule has 22 heavy (non-hydrogen) atoms. The smallest absolute Gasteiger partial charge is 0.272 e. The van der Waals surface area contributed by atoms with E-state index < -0.39 is 10.7 Å². The molecule has 6 nitrogen and oxygen atoms in total. The zero-order valence-corrected chi connectivity index (χ0v) is 11.8. The highest BCUT2D eigenvalue weighted by atomic mass is 35.5. The third-order valence-electron chi connectivity index (χ3n) is 3.01. The summed E-state index contributed by atoms with van der Waals surface area (Å²) in [5.41, 5.74) is 0.322. The molecule has 0 bridgehead atoms. The van der Waals surface area contributed by atoms with Crippen molar-refractivity contribution in [3.63, 3.8) is 0 Å². The lowest BCUT2D eigenvalue weighted by molar-refractivity contribution is -0.385. The van der Waals surface area contributed by atoms with Crippen LogP contribution in [0.2, 0.25) is 5.02 Å². The molecule has 0 radical (unpaired) electrons. The van der Waals surface area contributed by atoms with Gasteiger partial charge >= 0.3 is 0 Å². The van der Waals surface area contributed by atoms with Gasteiger partial charge in [-0.25, -0.2) is 4.39 Å². The SMILES string of the molecule is O=[N+]([O-])c1ccc(OCc2cc(Cl)c3c(c2)OCO3)c(F)c1. The molecule has 0 unspecified atom stereocenters. The van der Waals surface area contributed by atoms with Gasteiger partial charge < -0.3 is 14.2 Å². The van der Waals surface area contributed by atoms with Crippen molar-refractivity contribution in [2.24, 2.45) is 0 Å². The first kappa shape index (κ1) is 14.4. The van der Waals surface area contributed by atoms with E-state index in [1.165, 1.54) is 12.1 Å². The molecule has 2 aromatic rings. The van der Waals surface area contributed by atoms with Crippen molar-refractivity contribution in [3.05, 3.63) is 56.8 Å². The van der Waals surface area contributed by atoms with E-state index in [0.717, 1.165) is 6.07 Å². The van der Waals surface area contributed by atoms with Crippen molar-refractivity contribution < 1.29 is 23.5 Å². The Balaban J connectivity index is 1.76. The van der Waals surface area contributed by atoms with E-state index in [2.05, 4.69) is 0 Å². The average molecular weight is 326 g/mol. The van der Waals surface area contributed by atoms with Crippen LogP contribution in [0.15, 0.2) is 30.3 Å². The Bertz CT molecular complexity index is 752. The van der Waals surface area contributed by atoms with Crippen molar-refractivity contribution in [1.82, 2.24) is 0 Å². The Morgan fingerprint density at radius 3 is 2.86 bits per heavy atom. The van der Waals surface area contributed by atoms with Crippen molar-refractivity contribution >= 4 is 17.3 Å². The lowest BCUT2D eigenvalue weighted by Gasteiger charge is -2.08. The van der Waals surface area contributed by atoms with E-state index >= 15 is 0 Å². The molecule has 2 aromatic carbocycles. The van der Waals surface area contributed by atoms with Gasteiger partial charge in [-0.3, -0.25) is 10.1 Å². The van der Waals surface area contributed by atoms with Gasteiger partial charge in [-0.15, -0.1) is 0 Å². The summed E-state index contributed by atoms with van der Waals surface area (Å²) in [6.45, 7) is 0.126. The fourth-order valence-electron chi connectivity index (χ4n) is 1.99. The molecule has 3 rings (SSSR count). The number of non-ortho nitro benzene ring substituents is 1. The molecule has 0 amide bonds. The topological polar surface area (TPSA) is 70.8 Å². The van der Waals surface area contributed by atoms with Crippen LogP contribution >= 0.6 is 11.6 Å². The number of ether oxygens (including phenoxy) is 3. The molecule has 0 spiro atoms. The lowest BCUT2D eigenvalue weighted by atomic mass is 10.2. The predicted molar refractivity (Wildman–Crippen MR) is 75.0 cm³/mol. The van der Waals surface area contributed by atoms with Crippen LogP contribution in [-0.2, 0) is 6.61 Å². The molecule has 114 valence electrons. The summed E-state index contributed by atoms with van der Waals surface area (Å²) in [7, 11) is 0. The molecule has 0 N–H and O–H groups in total. The van der Waals surface area contributed by atoms with Gasteiger partial charge in [0, 0.05) is 6.07 Å². The van der Waals surface area contributed by atoms with Crippen LogP contribution in [0.5, 0.6) is 17.2 Å². The zero-order chi connectivity index (χ0) is 15.7. The molecule has 0 atom stereocenters. The van der Waals surface area contributed by atoms with Crippen LogP contribution in [0.1, 0.15) is 5.56 Å². The van der Waals surface area contributed by atoms with Crippen LogP contribution in [0, 0.1) is 15.9 Å². The number of benzene rings is 2. The third kappa shape index (κ3) is 2.75. The molecular weight excluding hydrogens is 317 g/mol. The summed E-state index contributed by atoms with van der Waals surface area (Å²) in [5, 5.41) is 10.9. The van der Waals surface area contributed by atoms with Gasteiger partial charge in [0.15, 0.2) is 23.1 Å². The molecule has 0 saturated carbocycles. The number of nitro groups is 1. The van der Waals surface area contributed by atoms with Crippen molar-refractivity contribution in [2.75, 3.05) is 6.79 Å². The Morgan fingerprint density at radius 1 is 1.32 bits per heavy atom. The summed E-state index contributed by atoms with van der Waals surface area (Å²) in [6.07, 6.45) is 0. The Labute approximate surface area is 129 Å². The largest absolute Gasteiger partial charge is 0.486 e. The van der Waals surface area contributed by atoms with Gasteiger partial charge in [-0.05, 0) is 23.8 Å². The van der Waals surface area contributed by atoms with Gasteiger partial charge in [-0.1, -0.05) is 11.6 Å². The summed E-state index contributed by atoms with van der Waals surface area (Å²) >= 11 is 6.03. The Hall–Kier alpha value is -2.54. The summed E-state index contributed by atoms with van der Waals surface area (Å²) in [4.78, 5) is 9.87. The van der Waals surface area contributed by atoms with E-state index in [4.69, 9.17) is 25.8 Å². The van der Waals surface area contributed by atoms with Gasteiger partial charge in [0.1, 0.15) is 6.61 Å². The second kappa shape index (κ2) is 5.69. The van der Waals surface area contributed by atoms with Crippen molar-refractivity contribution in [1.29, 1.82) is 0 Å².